The highest BCUT2D eigenvalue weighted by Gasteiger charge is 2.18. The van der Waals surface area contributed by atoms with Gasteiger partial charge in [0.05, 0.1) is 18.6 Å². The van der Waals surface area contributed by atoms with Crippen LogP contribution < -0.4 is 15.6 Å². The molecule has 7 nitrogen and oxygen atoms in total. The fourth-order valence-corrected chi connectivity index (χ4v) is 4.59. The normalized spacial score (nSPS) is 11.1. The Morgan fingerprint density at radius 3 is 2.56 bits per heavy atom. The number of nitrogens with zero attached hydrogens (tertiary/aromatic N) is 2. The highest BCUT2D eigenvalue weighted by atomic mass is 35.5. The van der Waals surface area contributed by atoms with Gasteiger partial charge in [0.2, 0.25) is 5.91 Å². The van der Waals surface area contributed by atoms with Crippen LogP contribution in [0.2, 0.25) is 5.02 Å². The van der Waals surface area contributed by atoms with Crippen molar-refractivity contribution in [3.05, 3.63) is 88.2 Å². The van der Waals surface area contributed by atoms with Crippen LogP contribution in [-0.2, 0) is 4.79 Å². The zero-order valence-corrected chi connectivity index (χ0v) is 19.6. The van der Waals surface area contributed by atoms with Crippen molar-refractivity contribution in [3.8, 4) is 11.4 Å². The van der Waals surface area contributed by atoms with Crippen molar-refractivity contribution in [2.24, 2.45) is 0 Å². The second-order valence-corrected chi connectivity index (χ2v) is 8.85. The molecule has 5 rings (SSSR count). The predicted molar refractivity (Wildman–Crippen MR) is 137 cm³/mol. The maximum absolute atomic E-state index is 13.6. The molecule has 34 heavy (non-hydrogen) atoms. The number of benzene rings is 3. The summed E-state index contributed by atoms with van der Waals surface area (Å²) in [6, 6.07) is 21.6. The highest BCUT2D eigenvalue weighted by molar-refractivity contribution is 7.99. The summed E-state index contributed by atoms with van der Waals surface area (Å²) < 4.78 is 6.75. The van der Waals surface area contributed by atoms with E-state index in [1.807, 2.05) is 24.3 Å². The van der Waals surface area contributed by atoms with Gasteiger partial charge in [0, 0.05) is 21.6 Å². The van der Waals surface area contributed by atoms with E-state index in [0.29, 0.717) is 38.3 Å². The van der Waals surface area contributed by atoms with Crippen LogP contribution in [0.15, 0.2) is 82.7 Å². The van der Waals surface area contributed by atoms with Gasteiger partial charge in [-0.3, -0.25) is 14.2 Å². The second kappa shape index (κ2) is 9.24. The average molecular weight is 491 g/mol. The molecular weight excluding hydrogens is 472 g/mol. The van der Waals surface area contributed by atoms with Gasteiger partial charge in [-0.25, -0.2) is 4.98 Å². The molecule has 0 bridgehead atoms. The Kier molecular flexibility index (Phi) is 6.00. The molecule has 0 spiro atoms. The van der Waals surface area contributed by atoms with Crippen LogP contribution in [-0.4, -0.2) is 33.3 Å². The first kappa shape index (κ1) is 22.1. The van der Waals surface area contributed by atoms with Gasteiger partial charge in [0.25, 0.3) is 5.56 Å². The first-order valence-corrected chi connectivity index (χ1v) is 11.8. The summed E-state index contributed by atoms with van der Waals surface area (Å²) in [6.07, 6.45) is 0. The SMILES string of the molecule is COc1ccc(-n2c(SCC(=O)Nc3ccc(Cl)cc3)nc3c([nH]c4ccccc43)c2=O)cc1. The number of carbonyl (C=O) groups excluding carboxylic acids is 1. The number of anilines is 1. The fourth-order valence-electron chi connectivity index (χ4n) is 3.66. The Morgan fingerprint density at radius 2 is 1.82 bits per heavy atom. The summed E-state index contributed by atoms with van der Waals surface area (Å²) in [5.74, 6) is 0.522. The minimum Gasteiger partial charge on any atom is -0.497 e. The zero-order valence-electron chi connectivity index (χ0n) is 18.0. The molecule has 0 aliphatic heterocycles. The maximum Gasteiger partial charge on any atom is 0.283 e. The van der Waals surface area contributed by atoms with E-state index >= 15 is 0 Å². The van der Waals surface area contributed by atoms with Crippen molar-refractivity contribution in [1.29, 1.82) is 0 Å². The largest absolute Gasteiger partial charge is 0.497 e. The molecule has 2 heterocycles. The third-order valence-electron chi connectivity index (χ3n) is 5.29. The molecule has 1 amide bonds. The molecule has 0 aliphatic rings. The Hall–Kier alpha value is -3.75. The third kappa shape index (κ3) is 4.25. The molecule has 170 valence electrons. The van der Waals surface area contributed by atoms with Crippen molar-refractivity contribution in [2.45, 2.75) is 5.16 Å². The Labute approximate surface area is 203 Å². The van der Waals surface area contributed by atoms with Gasteiger partial charge >= 0.3 is 0 Å². The summed E-state index contributed by atoms with van der Waals surface area (Å²) in [6.45, 7) is 0. The first-order valence-electron chi connectivity index (χ1n) is 10.4. The lowest BCUT2D eigenvalue weighted by molar-refractivity contribution is -0.113. The molecule has 0 atom stereocenters. The number of ether oxygens (including phenoxy) is 1. The number of fused-ring (bicyclic) bond motifs is 3. The van der Waals surface area contributed by atoms with Crippen molar-refractivity contribution < 1.29 is 9.53 Å². The van der Waals surface area contributed by atoms with E-state index in [1.165, 1.54) is 16.3 Å². The van der Waals surface area contributed by atoms with Crippen LogP contribution >= 0.6 is 23.4 Å². The molecule has 0 saturated carbocycles. The number of amides is 1. The molecule has 2 N–H and O–H groups in total. The monoisotopic (exact) mass is 490 g/mol. The van der Waals surface area contributed by atoms with E-state index in [2.05, 4.69) is 10.3 Å². The van der Waals surface area contributed by atoms with Gasteiger partial charge < -0.3 is 15.0 Å². The molecule has 0 aliphatic carbocycles. The quantitative estimate of drug-likeness (QED) is 0.250. The maximum atomic E-state index is 13.6. The molecule has 0 fully saturated rings. The van der Waals surface area contributed by atoms with Gasteiger partial charge in [0.15, 0.2) is 5.16 Å². The van der Waals surface area contributed by atoms with E-state index in [0.717, 1.165) is 10.9 Å². The number of rotatable bonds is 6. The van der Waals surface area contributed by atoms with Crippen LogP contribution in [0.4, 0.5) is 5.69 Å². The molecule has 0 unspecified atom stereocenters. The standard InChI is InChI=1S/C25H19ClN4O3S/c1-33-18-12-10-17(11-13-18)30-24(32)23-22(19-4-2-3-5-20(19)28-23)29-25(30)34-14-21(31)27-16-8-6-15(26)7-9-16/h2-13,28H,14H2,1H3,(H,27,31). The smallest absolute Gasteiger partial charge is 0.283 e. The minimum absolute atomic E-state index is 0.0685. The number of halogens is 1. The molecule has 3 aromatic carbocycles. The third-order valence-corrected chi connectivity index (χ3v) is 6.48. The number of aromatic nitrogens is 3. The summed E-state index contributed by atoms with van der Waals surface area (Å²) in [7, 11) is 1.58. The average Bonchev–Trinajstić information content (AvgIpc) is 3.23. The number of carbonyl (C=O) groups is 1. The van der Waals surface area contributed by atoms with Gasteiger partial charge in [-0.15, -0.1) is 0 Å². The van der Waals surface area contributed by atoms with Crippen molar-refractivity contribution >= 4 is 56.9 Å². The summed E-state index contributed by atoms with van der Waals surface area (Å²) in [5, 5.41) is 4.69. The molecule has 2 aromatic heterocycles. The van der Waals surface area contributed by atoms with Crippen molar-refractivity contribution in [3.63, 3.8) is 0 Å². The second-order valence-electron chi connectivity index (χ2n) is 7.47. The predicted octanol–water partition coefficient (Wildman–Crippen LogP) is 5.26. The lowest BCUT2D eigenvalue weighted by Gasteiger charge is -2.13. The Balaban J connectivity index is 1.55. The van der Waals surface area contributed by atoms with Gasteiger partial charge in [-0.2, -0.15) is 0 Å². The van der Waals surface area contributed by atoms with E-state index in [1.54, 1.807) is 55.6 Å². The number of hydrogen-bond donors (Lipinski definition) is 2. The number of para-hydroxylation sites is 1. The highest BCUT2D eigenvalue weighted by Crippen LogP contribution is 2.27. The van der Waals surface area contributed by atoms with E-state index < -0.39 is 0 Å². The van der Waals surface area contributed by atoms with Gasteiger partial charge in [0.1, 0.15) is 16.8 Å². The van der Waals surface area contributed by atoms with Crippen LogP contribution in [0, 0.1) is 0 Å². The van der Waals surface area contributed by atoms with Crippen LogP contribution in [0.5, 0.6) is 5.75 Å². The number of thioether (sulfide) groups is 1. The van der Waals surface area contributed by atoms with Crippen LogP contribution in [0.25, 0.3) is 27.6 Å². The van der Waals surface area contributed by atoms with E-state index in [4.69, 9.17) is 21.3 Å². The molecular formula is C25H19ClN4O3S. The van der Waals surface area contributed by atoms with Gasteiger partial charge in [-0.1, -0.05) is 41.6 Å². The Bertz CT molecular complexity index is 1560. The number of aromatic amines is 1. The zero-order chi connectivity index (χ0) is 23.7. The number of nitrogens with one attached hydrogen (secondary N) is 2. The van der Waals surface area contributed by atoms with Gasteiger partial charge in [-0.05, 0) is 54.6 Å². The summed E-state index contributed by atoms with van der Waals surface area (Å²) >= 11 is 7.10. The molecule has 9 heteroatoms. The molecule has 5 aromatic rings. The Morgan fingerprint density at radius 1 is 1.09 bits per heavy atom. The van der Waals surface area contributed by atoms with E-state index in [-0.39, 0.29) is 17.2 Å². The topological polar surface area (TPSA) is 89.0 Å². The first-order chi connectivity index (χ1) is 16.5. The van der Waals surface area contributed by atoms with E-state index in [9.17, 15) is 9.59 Å². The fraction of sp³-hybridized carbons (Fsp3) is 0.0800. The van der Waals surface area contributed by atoms with Crippen LogP contribution in [0.1, 0.15) is 0 Å². The number of hydrogen-bond acceptors (Lipinski definition) is 5. The van der Waals surface area contributed by atoms with Crippen molar-refractivity contribution in [2.75, 3.05) is 18.2 Å². The number of methoxy groups -OCH3 is 1. The summed E-state index contributed by atoms with van der Waals surface area (Å²) in [4.78, 5) is 34.2. The van der Waals surface area contributed by atoms with Crippen molar-refractivity contribution in [1.82, 2.24) is 14.5 Å². The lowest BCUT2D eigenvalue weighted by Crippen LogP contribution is -2.23. The summed E-state index contributed by atoms with van der Waals surface area (Å²) in [5.41, 5.74) is 2.83. The van der Waals surface area contributed by atoms with Crippen LogP contribution in [0.3, 0.4) is 0 Å². The lowest BCUT2D eigenvalue weighted by atomic mass is 10.2. The number of H-pyrrole nitrogens is 1. The molecule has 0 radical (unpaired) electrons. The minimum atomic E-state index is -0.244. The molecule has 0 saturated heterocycles.